The van der Waals surface area contributed by atoms with Crippen molar-refractivity contribution in [3.63, 3.8) is 0 Å². The van der Waals surface area contributed by atoms with Gasteiger partial charge in [0.1, 0.15) is 24.0 Å². The van der Waals surface area contributed by atoms with E-state index >= 15 is 0 Å². The molecule has 0 amide bonds. The smallest absolute Gasteiger partial charge is 0.137 e. The molecule has 0 saturated carbocycles. The minimum atomic E-state index is -0.255. The number of hydrogen-bond donors (Lipinski definition) is 0. The zero-order valence-corrected chi connectivity index (χ0v) is 46.5. The van der Waals surface area contributed by atoms with Crippen molar-refractivity contribution in [2.24, 2.45) is 0 Å². The van der Waals surface area contributed by atoms with E-state index in [4.69, 9.17) is 9.72 Å². The van der Waals surface area contributed by atoms with E-state index in [0.717, 1.165) is 39.4 Å². The van der Waals surface area contributed by atoms with Gasteiger partial charge in [-0.1, -0.05) is 198 Å². The molecule has 0 saturated heterocycles. The standard InChI is InChI=1S/C71H72N4O/c1-67(2,3)51-31-36-63-65(43-51)73(47-74(63)57-40-54(70(9,10)49-25-18-14-19-26-49)39-55(41-57)71(11,12)50-27-20-15-21-28-50)56-29-22-30-58(45-56)76-59-33-34-60-61-42-53(69(7,8)48-23-16-13-17-24-48)32-35-62(61)75(64(60)46-59)66-44-52(37-38-72-66)68(4,5)6/h13-46H,47H2,1-12H3. The summed E-state index contributed by atoms with van der Waals surface area (Å²) < 4.78 is 9.29. The minimum absolute atomic E-state index is 0.0457. The summed E-state index contributed by atoms with van der Waals surface area (Å²) in [5.41, 5.74) is 16.1. The fourth-order valence-corrected chi connectivity index (χ4v) is 11.3. The monoisotopic (exact) mass is 997 g/mol. The number of anilines is 4. The number of ether oxygens (including phenoxy) is 1. The van der Waals surface area contributed by atoms with Gasteiger partial charge in [0, 0.05) is 56.7 Å². The zero-order valence-electron chi connectivity index (χ0n) is 46.5. The van der Waals surface area contributed by atoms with Gasteiger partial charge in [0.25, 0.3) is 0 Å². The van der Waals surface area contributed by atoms with Crippen molar-refractivity contribution in [3.8, 4) is 17.3 Å². The number of pyridine rings is 1. The first kappa shape index (κ1) is 50.3. The van der Waals surface area contributed by atoms with Crippen LogP contribution in [0.5, 0.6) is 11.5 Å². The Morgan fingerprint density at radius 3 is 1.49 bits per heavy atom. The maximum absolute atomic E-state index is 6.98. The van der Waals surface area contributed by atoms with Gasteiger partial charge in [0.15, 0.2) is 0 Å². The molecular weight excluding hydrogens is 925 g/mol. The highest BCUT2D eigenvalue weighted by Crippen LogP contribution is 2.49. The summed E-state index contributed by atoms with van der Waals surface area (Å²) in [6.45, 7) is 28.3. The molecular formula is C71H72N4O. The summed E-state index contributed by atoms with van der Waals surface area (Å²) in [4.78, 5) is 9.99. The molecule has 0 radical (unpaired) electrons. The second-order valence-corrected chi connectivity index (χ2v) is 24.7. The molecule has 8 aromatic carbocycles. The number of hydrogen-bond acceptors (Lipinski definition) is 4. The summed E-state index contributed by atoms with van der Waals surface area (Å²) in [5.74, 6) is 2.42. The van der Waals surface area contributed by atoms with E-state index in [1.807, 2.05) is 6.20 Å². The third kappa shape index (κ3) is 9.14. The molecule has 11 rings (SSSR count). The molecule has 5 nitrogen and oxygen atoms in total. The summed E-state index contributed by atoms with van der Waals surface area (Å²) in [7, 11) is 0. The lowest BCUT2D eigenvalue weighted by Crippen LogP contribution is -2.27. The molecule has 0 bridgehead atoms. The lowest BCUT2D eigenvalue weighted by molar-refractivity contribution is 0.483. The molecule has 1 aliphatic rings. The van der Waals surface area contributed by atoms with Crippen molar-refractivity contribution >= 4 is 44.6 Å². The second kappa shape index (κ2) is 18.7. The van der Waals surface area contributed by atoms with Crippen LogP contribution in [0.3, 0.4) is 0 Å². The quantitative estimate of drug-likeness (QED) is 0.129. The lowest BCUT2D eigenvalue weighted by atomic mass is 9.73. The summed E-state index contributed by atoms with van der Waals surface area (Å²) in [5, 5.41) is 2.34. The largest absolute Gasteiger partial charge is 0.457 e. The van der Waals surface area contributed by atoms with Crippen LogP contribution in [0.4, 0.5) is 22.7 Å². The van der Waals surface area contributed by atoms with Crippen LogP contribution in [0.1, 0.15) is 128 Å². The third-order valence-electron chi connectivity index (χ3n) is 16.5. The van der Waals surface area contributed by atoms with E-state index in [0.29, 0.717) is 6.67 Å². The molecule has 0 fully saturated rings. The van der Waals surface area contributed by atoms with Crippen LogP contribution in [0, 0.1) is 0 Å². The molecule has 10 aromatic rings. The van der Waals surface area contributed by atoms with Crippen LogP contribution >= 0.6 is 0 Å². The molecule has 3 heterocycles. The van der Waals surface area contributed by atoms with E-state index in [-0.39, 0.29) is 27.1 Å². The Kier molecular flexibility index (Phi) is 12.4. The molecule has 382 valence electrons. The average Bonchev–Trinajstić information content (AvgIpc) is 3.99. The lowest BCUT2D eigenvalue weighted by Gasteiger charge is -2.33. The van der Waals surface area contributed by atoms with Crippen molar-refractivity contribution < 1.29 is 4.74 Å². The van der Waals surface area contributed by atoms with Crippen molar-refractivity contribution in [1.82, 2.24) is 9.55 Å². The Morgan fingerprint density at radius 1 is 0.355 bits per heavy atom. The second-order valence-electron chi connectivity index (χ2n) is 24.7. The van der Waals surface area contributed by atoms with Gasteiger partial charge in [-0.3, -0.25) is 4.57 Å². The molecule has 0 unspecified atom stereocenters. The molecule has 0 aliphatic carbocycles. The number of fused-ring (bicyclic) bond motifs is 4. The predicted octanol–water partition coefficient (Wildman–Crippen LogP) is 18.8. The van der Waals surface area contributed by atoms with Gasteiger partial charge in [-0.25, -0.2) is 4.98 Å². The maximum atomic E-state index is 6.98. The first-order valence-electron chi connectivity index (χ1n) is 27.0. The first-order valence-corrected chi connectivity index (χ1v) is 27.0. The first-order chi connectivity index (χ1) is 36.2. The number of rotatable bonds is 11. The van der Waals surface area contributed by atoms with Crippen LogP contribution in [0.15, 0.2) is 206 Å². The SMILES string of the molecule is CC(C)(C)c1ccnc(-n2c3ccc(C(C)(C)c4ccccc4)cc3c3ccc(Oc4cccc(N5CN(c6cc(C(C)(C)c7ccccc7)cc(C(C)(C)c7ccccc7)c6)c6ccc(C(C)(C)C)cc65)c4)cc32)c1. The molecule has 0 atom stereocenters. The van der Waals surface area contributed by atoms with Crippen molar-refractivity contribution in [1.29, 1.82) is 0 Å². The van der Waals surface area contributed by atoms with Crippen LogP contribution < -0.4 is 14.5 Å². The Labute approximate surface area is 451 Å². The highest BCUT2D eigenvalue weighted by atomic mass is 16.5. The van der Waals surface area contributed by atoms with E-state index < -0.39 is 0 Å². The molecule has 5 heteroatoms. The third-order valence-corrected chi connectivity index (χ3v) is 16.5. The van der Waals surface area contributed by atoms with Crippen LogP contribution in [0.2, 0.25) is 0 Å². The fraction of sp³-hybridized carbons (Fsp3) is 0.254. The Morgan fingerprint density at radius 2 is 0.895 bits per heavy atom. The van der Waals surface area contributed by atoms with Gasteiger partial charge in [-0.05, 0) is 128 Å². The highest BCUT2D eigenvalue weighted by molar-refractivity contribution is 6.10. The molecule has 2 aromatic heterocycles. The number of aromatic nitrogens is 2. The summed E-state index contributed by atoms with van der Waals surface area (Å²) >= 11 is 0. The van der Waals surface area contributed by atoms with E-state index in [1.165, 1.54) is 67.0 Å². The van der Waals surface area contributed by atoms with E-state index in [2.05, 4.69) is 298 Å². The van der Waals surface area contributed by atoms with Crippen molar-refractivity contribution in [3.05, 3.63) is 251 Å². The van der Waals surface area contributed by atoms with Gasteiger partial charge in [0.2, 0.25) is 0 Å². The van der Waals surface area contributed by atoms with Gasteiger partial charge in [-0.2, -0.15) is 0 Å². The Hall–Kier alpha value is -7.89. The number of benzene rings is 8. The fourth-order valence-electron chi connectivity index (χ4n) is 11.3. The van der Waals surface area contributed by atoms with Crippen LogP contribution in [0.25, 0.3) is 27.6 Å². The van der Waals surface area contributed by atoms with Crippen LogP contribution in [-0.2, 0) is 27.1 Å². The predicted molar refractivity (Wildman–Crippen MR) is 320 cm³/mol. The van der Waals surface area contributed by atoms with Gasteiger partial charge in [-0.15, -0.1) is 0 Å². The summed E-state index contributed by atoms with van der Waals surface area (Å²) in [6.07, 6.45) is 1.95. The maximum Gasteiger partial charge on any atom is 0.137 e. The van der Waals surface area contributed by atoms with Crippen LogP contribution in [-0.4, -0.2) is 16.2 Å². The van der Waals surface area contributed by atoms with Gasteiger partial charge < -0.3 is 14.5 Å². The Balaban J connectivity index is 1.00. The Bertz CT molecular complexity index is 3690. The molecule has 1 aliphatic heterocycles. The van der Waals surface area contributed by atoms with E-state index in [9.17, 15) is 0 Å². The van der Waals surface area contributed by atoms with Gasteiger partial charge >= 0.3 is 0 Å². The van der Waals surface area contributed by atoms with Crippen molar-refractivity contribution in [2.45, 2.75) is 110 Å². The summed E-state index contributed by atoms with van der Waals surface area (Å²) in [6, 6.07) is 73.5. The average molecular weight is 997 g/mol. The van der Waals surface area contributed by atoms with E-state index in [1.54, 1.807) is 0 Å². The molecule has 76 heavy (non-hydrogen) atoms. The highest BCUT2D eigenvalue weighted by Gasteiger charge is 2.35. The zero-order chi connectivity index (χ0) is 53.4. The van der Waals surface area contributed by atoms with Crippen molar-refractivity contribution in [2.75, 3.05) is 16.5 Å². The minimum Gasteiger partial charge on any atom is -0.457 e. The van der Waals surface area contributed by atoms with Gasteiger partial charge in [0.05, 0.1) is 22.4 Å². The molecule has 0 N–H and O–H groups in total. The topological polar surface area (TPSA) is 33.5 Å². The molecule has 0 spiro atoms. The normalized spacial score (nSPS) is 13.4. The number of nitrogens with zero attached hydrogens (tertiary/aromatic N) is 4.